The SMILES string of the molecule is C=c1n(C)c2cccc3c(-c4c5ccccc5c(-c5ncc(-c6ccccc6)cn5)c5ccccc45)ccc(c32)n1C. The molecular weight excluding hydrogens is 512 g/mol. The van der Waals surface area contributed by atoms with E-state index in [1.807, 2.05) is 30.6 Å². The molecule has 0 fully saturated rings. The first-order chi connectivity index (χ1) is 20.6. The molecule has 0 radical (unpaired) electrons. The zero-order valence-corrected chi connectivity index (χ0v) is 23.5. The Morgan fingerprint density at radius 2 is 1.02 bits per heavy atom. The van der Waals surface area contributed by atoms with E-state index in [-0.39, 0.29) is 0 Å². The third-order valence-electron chi connectivity index (χ3n) is 8.68. The minimum Gasteiger partial charge on any atom is -0.331 e. The zero-order chi connectivity index (χ0) is 28.4. The van der Waals surface area contributed by atoms with Crippen LogP contribution in [-0.4, -0.2) is 19.1 Å². The second-order valence-electron chi connectivity index (χ2n) is 10.9. The summed E-state index contributed by atoms with van der Waals surface area (Å²) >= 11 is 0. The molecule has 4 heteroatoms. The van der Waals surface area contributed by atoms with E-state index in [2.05, 4.69) is 121 Å². The van der Waals surface area contributed by atoms with Gasteiger partial charge in [0.15, 0.2) is 5.82 Å². The van der Waals surface area contributed by atoms with Crippen LogP contribution in [0, 0.1) is 0 Å². The van der Waals surface area contributed by atoms with Gasteiger partial charge in [-0.3, -0.25) is 0 Å². The molecule has 0 aliphatic heterocycles. The molecule has 8 aromatic rings. The number of hydrogen-bond donors (Lipinski definition) is 0. The van der Waals surface area contributed by atoms with Crippen LogP contribution in [0.4, 0.5) is 0 Å². The van der Waals surface area contributed by atoms with E-state index >= 15 is 0 Å². The maximum atomic E-state index is 4.91. The molecule has 0 saturated carbocycles. The molecule has 0 atom stereocenters. The standard InChI is InChI=1S/C38H28N4/c1-24-41(2)33-19-11-18-31-32(20-21-34(37(31)33)42(24)3)35-27-14-7-9-16-29(27)36(30-17-10-8-15-28(30)35)38-39-22-26(23-40-38)25-12-5-4-6-13-25/h4-23H,1H2,2-3H3. The molecule has 0 bridgehead atoms. The summed E-state index contributed by atoms with van der Waals surface area (Å²) in [5, 5.41) is 7.12. The van der Waals surface area contributed by atoms with Gasteiger partial charge in [-0.25, -0.2) is 9.97 Å². The molecule has 2 heterocycles. The van der Waals surface area contributed by atoms with E-state index in [1.54, 1.807) is 0 Å². The molecule has 0 saturated heterocycles. The lowest BCUT2D eigenvalue weighted by molar-refractivity contribution is 0.766. The summed E-state index contributed by atoms with van der Waals surface area (Å²) in [6.45, 7) is 4.33. The molecule has 0 aliphatic rings. The zero-order valence-electron chi connectivity index (χ0n) is 23.5. The van der Waals surface area contributed by atoms with Gasteiger partial charge >= 0.3 is 0 Å². The molecular formula is C38H28N4. The smallest absolute Gasteiger partial charge is 0.160 e. The number of benzene rings is 6. The van der Waals surface area contributed by atoms with Crippen LogP contribution in [0.1, 0.15) is 0 Å². The first kappa shape index (κ1) is 24.3. The highest BCUT2D eigenvalue weighted by Gasteiger charge is 2.20. The van der Waals surface area contributed by atoms with E-state index in [4.69, 9.17) is 9.97 Å². The topological polar surface area (TPSA) is 35.6 Å². The second kappa shape index (κ2) is 9.28. The quantitative estimate of drug-likeness (QED) is 0.211. The van der Waals surface area contributed by atoms with Gasteiger partial charge in [-0.15, -0.1) is 0 Å². The van der Waals surface area contributed by atoms with E-state index in [9.17, 15) is 0 Å². The van der Waals surface area contributed by atoms with Crippen molar-refractivity contribution in [1.82, 2.24) is 19.1 Å². The predicted octanol–water partition coefficient (Wildman–Crippen LogP) is 8.46. The van der Waals surface area contributed by atoms with Crippen molar-refractivity contribution >= 4 is 49.9 Å². The van der Waals surface area contributed by atoms with Crippen molar-refractivity contribution in [3.8, 4) is 33.6 Å². The lowest BCUT2D eigenvalue weighted by atomic mass is 9.86. The number of hydrogen-bond acceptors (Lipinski definition) is 2. The second-order valence-corrected chi connectivity index (χ2v) is 10.9. The monoisotopic (exact) mass is 540 g/mol. The van der Waals surface area contributed by atoms with Gasteiger partial charge in [0.05, 0.1) is 11.0 Å². The minimum atomic E-state index is 0.729. The number of aryl methyl sites for hydroxylation is 2. The van der Waals surface area contributed by atoms with Gasteiger partial charge in [0.25, 0.3) is 0 Å². The Bertz CT molecular complexity index is 2290. The van der Waals surface area contributed by atoms with Crippen LogP contribution in [0.5, 0.6) is 0 Å². The number of fused-ring (bicyclic) bond motifs is 2. The highest BCUT2D eigenvalue weighted by molar-refractivity contribution is 6.24. The van der Waals surface area contributed by atoms with Crippen molar-refractivity contribution in [2.45, 2.75) is 0 Å². The van der Waals surface area contributed by atoms with Crippen molar-refractivity contribution in [1.29, 1.82) is 0 Å². The van der Waals surface area contributed by atoms with E-state index in [0.29, 0.717) is 0 Å². The highest BCUT2D eigenvalue weighted by atomic mass is 15.1. The summed E-state index contributed by atoms with van der Waals surface area (Å²) in [7, 11) is 4.18. The number of rotatable bonds is 3. The molecule has 0 N–H and O–H groups in total. The number of nitrogens with zero attached hydrogens (tertiary/aromatic N) is 4. The van der Waals surface area contributed by atoms with Gasteiger partial charge in [-0.1, -0.05) is 104 Å². The third-order valence-corrected chi connectivity index (χ3v) is 8.68. The Morgan fingerprint density at radius 1 is 0.500 bits per heavy atom. The summed E-state index contributed by atoms with van der Waals surface area (Å²) in [4.78, 5) is 9.83. The Balaban J connectivity index is 1.46. The first-order valence-corrected chi connectivity index (χ1v) is 14.2. The molecule has 8 rings (SSSR count). The molecule has 42 heavy (non-hydrogen) atoms. The summed E-state index contributed by atoms with van der Waals surface area (Å²) in [5.74, 6) is 0.729. The van der Waals surface area contributed by atoms with E-state index < -0.39 is 0 Å². The van der Waals surface area contributed by atoms with Crippen LogP contribution < -0.4 is 5.48 Å². The predicted molar refractivity (Wildman–Crippen MR) is 176 cm³/mol. The molecule has 4 nitrogen and oxygen atoms in total. The van der Waals surface area contributed by atoms with Gasteiger partial charge in [-0.2, -0.15) is 0 Å². The molecule has 0 unspecified atom stereocenters. The van der Waals surface area contributed by atoms with Crippen molar-refractivity contribution in [3.05, 3.63) is 127 Å². The minimum absolute atomic E-state index is 0.729. The Labute approximate surface area is 243 Å². The average molecular weight is 541 g/mol. The summed E-state index contributed by atoms with van der Waals surface area (Å²) in [6.07, 6.45) is 3.87. The third kappa shape index (κ3) is 3.48. The number of aromatic nitrogens is 4. The van der Waals surface area contributed by atoms with Crippen molar-refractivity contribution in [2.24, 2.45) is 14.1 Å². The fourth-order valence-corrected chi connectivity index (χ4v) is 6.55. The van der Waals surface area contributed by atoms with Crippen molar-refractivity contribution in [3.63, 3.8) is 0 Å². The normalized spacial score (nSPS) is 11.7. The fraction of sp³-hybridized carbons (Fsp3) is 0.0526. The highest BCUT2D eigenvalue weighted by Crippen LogP contribution is 2.45. The molecule has 0 spiro atoms. The lowest BCUT2D eigenvalue weighted by Gasteiger charge is -2.21. The average Bonchev–Trinajstić information content (AvgIpc) is 3.05. The van der Waals surface area contributed by atoms with Gasteiger partial charge in [0, 0.05) is 43.0 Å². The Kier molecular flexibility index (Phi) is 5.38. The summed E-state index contributed by atoms with van der Waals surface area (Å²) in [5.41, 5.74) is 8.91. The van der Waals surface area contributed by atoms with Crippen LogP contribution in [0.2, 0.25) is 0 Å². The van der Waals surface area contributed by atoms with Crippen molar-refractivity contribution in [2.75, 3.05) is 0 Å². The van der Waals surface area contributed by atoms with Gasteiger partial charge in [0.2, 0.25) is 0 Å². The van der Waals surface area contributed by atoms with E-state index in [0.717, 1.165) is 38.8 Å². The fourth-order valence-electron chi connectivity index (χ4n) is 6.55. The lowest BCUT2D eigenvalue weighted by Crippen LogP contribution is -2.27. The van der Waals surface area contributed by atoms with Crippen LogP contribution in [-0.2, 0) is 14.1 Å². The largest absolute Gasteiger partial charge is 0.331 e. The van der Waals surface area contributed by atoms with Gasteiger partial charge < -0.3 is 9.13 Å². The Morgan fingerprint density at radius 3 is 1.64 bits per heavy atom. The van der Waals surface area contributed by atoms with Crippen molar-refractivity contribution < 1.29 is 0 Å². The van der Waals surface area contributed by atoms with E-state index in [1.165, 1.54) is 43.7 Å². The molecule has 200 valence electrons. The van der Waals surface area contributed by atoms with Crippen LogP contribution in [0.15, 0.2) is 122 Å². The van der Waals surface area contributed by atoms with Crippen LogP contribution >= 0.6 is 0 Å². The Hall–Kier alpha value is -5.48. The maximum Gasteiger partial charge on any atom is 0.160 e. The molecule has 0 aliphatic carbocycles. The molecule has 0 amide bonds. The summed E-state index contributed by atoms with van der Waals surface area (Å²) < 4.78 is 4.35. The first-order valence-electron chi connectivity index (χ1n) is 14.2. The maximum absolute atomic E-state index is 4.91. The van der Waals surface area contributed by atoms with Gasteiger partial charge in [0.1, 0.15) is 5.48 Å². The van der Waals surface area contributed by atoms with Crippen LogP contribution in [0.3, 0.4) is 0 Å². The van der Waals surface area contributed by atoms with Gasteiger partial charge in [-0.05, 0) is 55.8 Å². The van der Waals surface area contributed by atoms with Crippen LogP contribution in [0.25, 0.3) is 83.6 Å². The molecule has 2 aromatic heterocycles. The summed E-state index contributed by atoms with van der Waals surface area (Å²) in [6, 6.07) is 38.7. The molecule has 6 aromatic carbocycles.